The Balaban J connectivity index is 1.67. The van der Waals surface area contributed by atoms with Gasteiger partial charge in [-0.3, -0.25) is 0 Å². The summed E-state index contributed by atoms with van der Waals surface area (Å²) in [6, 6.07) is 1.68. The van der Waals surface area contributed by atoms with E-state index in [-0.39, 0.29) is 0 Å². The molecule has 0 amide bonds. The molecule has 2 saturated carbocycles. The van der Waals surface area contributed by atoms with E-state index < -0.39 is 0 Å². The minimum atomic E-state index is 0.625. The Morgan fingerprint density at radius 1 is 0.929 bits per heavy atom. The smallest absolute Gasteiger partial charge is 0.00798 e. The van der Waals surface area contributed by atoms with Crippen LogP contribution in [-0.2, 0) is 0 Å². The summed E-state index contributed by atoms with van der Waals surface area (Å²) < 4.78 is 0. The van der Waals surface area contributed by atoms with Gasteiger partial charge < -0.3 is 5.32 Å². The molecule has 2 fully saturated rings. The molecule has 1 nitrogen and oxygen atoms in total. The topological polar surface area (TPSA) is 12.0 Å². The van der Waals surface area contributed by atoms with E-state index >= 15 is 0 Å². The van der Waals surface area contributed by atoms with Crippen LogP contribution in [0.25, 0.3) is 0 Å². The third-order valence-electron chi connectivity index (χ3n) is 4.09. The van der Waals surface area contributed by atoms with Crippen molar-refractivity contribution in [1.82, 2.24) is 5.32 Å². The highest BCUT2D eigenvalue weighted by molar-refractivity contribution is 4.93. The van der Waals surface area contributed by atoms with Crippen LogP contribution in [0, 0.1) is 11.3 Å². The van der Waals surface area contributed by atoms with Crippen molar-refractivity contribution in [3.05, 3.63) is 0 Å². The van der Waals surface area contributed by atoms with E-state index in [4.69, 9.17) is 0 Å². The second-order valence-electron chi connectivity index (χ2n) is 6.39. The first kappa shape index (κ1) is 10.5. The van der Waals surface area contributed by atoms with Crippen LogP contribution in [0.1, 0.15) is 59.3 Å². The fraction of sp³-hybridized carbons (Fsp3) is 1.00. The fourth-order valence-corrected chi connectivity index (χ4v) is 3.15. The Kier molecular flexibility index (Phi) is 2.88. The second-order valence-corrected chi connectivity index (χ2v) is 6.39. The van der Waals surface area contributed by atoms with Gasteiger partial charge in [0.05, 0.1) is 0 Å². The molecule has 0 aromatic rings. The Morgan fingerprint density at radius 3 is 2.00 bits per heavy atom. The normalized spacial score (nSPS) is 37.9. The maximum Gasteiger partial charge on any atom is 0.00798 e. The van der Waals surface area contributed by atoms with Crippen molar-refractivity contribution >= 4 is 0 Å². The molecule has 14 heavy (non-hydrogen) atoms. The monoisotopic (exact) mass is 195 g/mol. The highest BCUT2D eigenvalue weighted by Gasteiger charge is 2.37. The molecule has 82 valence electrons. The molecule has 0 atom stereocenters. The Hall–Kier alpha value is -0.0400. The van der Waals surface area contributed by atoms with Gasteiger partial charge in [0.2, 0.25) is 0 Å². The molecule has 2 aliphatic carbocycles. The van der Waals surface area contributed by atoms with Gasteiger partial charge in [0.15, 0.2) is 0 Å². The molecule has 0 aromatic heterocycles. The number of rotatable bonds is 2. The molecular formula is C13H25N. The van der Waals surface area contributed by atoms with Crippen LogP contribution in [0.3, 0.4) is 0 Å². The van der Waals surface area contributed by atoms with Gasteiger partial charge in [-0.25, -0.2) is 0 Å². The van der Waals surface area contributed by atoms with Gasteiger partial charge >= 0.3 is 0 Å². The average Bonchev–Trinajstić information content (AvgIpc) is 2.06. The summed E-state index contributed by atoms with van der Waals surface area (Å²) in [5.74, 6) is 0.978. The highest BCUT2D eigenvalue weighted by atomic mass is 15.0. The molecule has 0 heterocycles. The van der Waals surface area contributed by atoms with E-state index in [1.807, 2.05) is 0 Å². The molecule has 0 unspecified atom stereocenters. The van der Waals surface area contributed by atoms with Crippen LogP contribution in [0.4, 0.5) is 0 Å². The molecular weight excluding hydrogens is 170 g/mol. The standard InChI is InChI=1S/C13H25N/c1-10-4-6-11(7-5-10)14-12-8-13(2,3)9-12/h10-12,14H,4-9H2,1-3H3. The third kappa shape index (κ3) is 2.50. The molecule has 0 aromatic carbocycles. The summed E-state index contributed by atoms with van der Waals surface area (Å²) >= 11 is 0. The highest BCUT2D eigenvalue weighted by Crippen LogP contribution is 2.40. The van der Waals surface area contributed by atoms with Crippen LogP contribution in [0.15, 0.2) is 0 Å². The molecule has 1 N–H and O–H groups in total. The number of hydrogen-bond acceptors (Lipinski definition) is 1. The lowest BCUT2D eigenvalue weighted by Gasteiger charge is -2.45. The molecule has 0 bridgehead atoms. The summed E-state index contributed by atoms with van der Waals surface area (Å²) in [5, 5.41) is 3.83. The number of nitrogens with one attached hydrogen (secondary N) is 1. The van der Waals surface area contributed by atoms with Crippen molar-refractivity contribution in [2.24, 2.45) is 11.3 Å². The van der Waals surface area contributed by atoms with Gasteiger partial charge in [-0.1, -0.05) is 20.8 Å². The van der Waals surface area contributed by atoms with Gasteiger partial charge in [-0.2, -0.15) is 0 Å². The SMILES string of the molecule is CC1CCC(NC2CC(C)(C)C2)CC1. The van der Waals surface area contributed by atoms with Crippen LogP contribution in [0.2, 0.25) is 0 Å². The predicted octanol–water partition coefficient (Wildman–Crippen LogP) is 3.34. The van der Waals surface area contributed by atoms with Crippen molar-refractivity contribution in [3.63, 3.8) is 0 Å². The van der Waals surface area contributed by atoms with E-state index in [0.717, 1.165) is 18.0 Å². The van der Waals surface area contributed by atoms with Crippen LogP contribution in [0.5, 0.6) is 0 Å². The first-order chi connectivity index (χ1) is 6.55. The van der Waals surface area contributed by atoms with Crippen LogP contribution in [-0.4, -0.2) is 12.1 Å². The van der Waals surface area contributed by atoms with Crippen molar-refractivity contribution in [3.8, 4) is 0 Å². The molecule has 2 aliphatic rings. The lowest BCUT2D eigenvalue weighted by Crippen LogP contribution is -2.50. The van der Waals surface area contributed by atoms with Crippen LogP contribution >= 0.6 is 0 Å². The molecule has 0 spiro atoms. The maximum absolute atomic E-state index is 3.83. The lowest BCUT2D eigenvalue weighted by atomic mass is 9.68. The van der Waals surface area contributed by atoms with Crippen molar-refractivity contribution in [2.45, 2.75) is 71.4 Å². The van der Waals surface area contributed by atoms with E-state index in [0.29, 0.717) is 5.41 Å². The van der Waals surface area contributed by atoms with Crippen LogP contribution < -0.4 is 5.32 Å². The average molecular weight is 195 g/mol. The molecule has 0 radical (unpaired) electrons. The molecule has 1 heteroatoms. The van der Waals surface area contributed by atoms with Crippen molar-refractivity contribution in [2.75, 3.05) is 0 Å². The van der Waals surface area contributed by atoms with Gasteiger partial charge in [-0.05, 0) is 49.9 Å². The zero-order valence-corrected chi connectivity index (χ0v) is 9.97. The Morgan fingerprint density at radius 2 is 1.50 bits per heavy atom. The molecule has 2 rings (SSSR count). The molecule has 0 aliphatic heterocycles. The van der Waals surface area contributed by atoms with Crippen molar-refractivity contribution < 1.29 is 0 Å². The van der Waals surface area contributed by atoms with E-state index in [2.05, 4.69) is 26.1 Å². The van der Waals surface area contributed by atoms with E-state index in [1.54, 1.807) is 0 Å². The van der Waals surface area contributed by atoms with Gasteiger partial charge in [0.25, 0.3) is 0 Å². The lowest BCUT2D eigenvalue weighted by molar-refractivity contribution is 0.107. The summed E-state index contributed by atoms with van der Waals surface area (Å²) in [6.07, 6.45) is 8.48. The number of hydrogen-bond donors (Lipinski definition) is 1. The van der Waals surface area contributed by atoms with Gasteiger partial charge in [-0.15, -0.1) is 0 Å². The first-order valence-electron chi connectivity index (χ1n) is 6.31. The first-order valence-corrected chi connectivity index (χ1v) is 6.31. The zero-order chi connectivity index (χ0) is 10.2. The van der Waals surface area contributed by atoms with E-state index in [9.17, 15) is 0 Å². The summed E-state index contributed by atoms with van der Waals surface area (Å²) in [5.41, 5.74) is 0.625. The maximum atomic E-state index is 3.83. The quantitative estimate of drug-likeness (QED) is 0.712. The fourth-order valence-electron chi connectivity index (χ4n) is 3.15. The summed E-state index contributed by atoms with van der Waals surface area (Å²) in [7, 11) is 0. The Labute approximate surface area is 88.7 Å². The predicted molar refractivity (Wildman–Crippen MR) is 61.4 cm³/mol. The Bertz CT molecular complexity index is 181. The van der Waals surface area contributed by atoms with E-state index in [1.165, 1.54) is 38.5 Å². The summed E-state index contributed by atoms with van der Waals surface area (Å²) in [4.78, 5) is 0. The zero-order valence-electron chi connectivity index (χ0n) is 9.97. The van der Waals surface area contributed by atoms with Crippen molar-refractivity contribution in [1.29, 1.82) is 0 Å². The summed E-state index contributed by atoms with van der Waals surface area (Å²) in [6.45, 7) is 7.16. The third-order valence-corrected chi connectivity index (χ3v) is 4.09. The minimum absolute atomic E-state index is 0.625. The van der Waals surface area contributed by atoms with Gasteiger partial charge in [0, 0.05) is 12.1 Å². The largest absolute Gasteiger partial charge is 0.311 e. The second kappa shape index (κ2) is 3.84. The molecule has 0 saturated heterocycles. The van der Waals surface area contributed by atoms with Gasteiger partial charge in [0.1, 0.15) is 0 Å². The minimum Gasteiger partial charge on any atom is -0.311 e.